The molecule has 7 heteroatoms. The second-order valence-electron chi connectivity index (χ2n) is 3.40. The molecule has 0 saturated carbocycles. The molecule has 0 heterocycles. The largest absolute Gasteiger partial charge is 0.480 e. The lowest BCUT2D eigenvalue weighted by atomic mass is 10.3. The maximum atomic E-state index is 11.4. The molecule has 1 aromatic carbocycles. The van der Waals surface area contributed by atoms with Gasteiger partial charge in [-0.05, 0) is 30.5 Å². The predicted octanol–water partition coefficient (Wildman–Crippen LogP) is 0.976. The molecule has 0 fully saturated rings. The number of rotatable bonds is 5. The molecule has 0 unspecified atom stereocenters. The molecule has 0 bridgehead atoms. The van der Waals surface area contributed by atoms with Gasteiger partial charge < -0.3 is 20.8 Å². The number of aliphatic hydroxyl groups is 1. The molecule has 0 radical (unpaired) electrons. The summed E-state index contributed by atoms with van der Waals surface area (Å²) in [7, 11) is 0. The normalized spacial score (nSPS) is 11.7. The minimum Gasteiger partial charge on any atom is -0.480 e. The van der Waals surface area contributed by atoms with Crippen molar-refractivity contribution in [1.82, 2.24) is 5.32 Å². The SMILES string of the molecule is CSc1ccc(NC(=O)N[C@H](CO)C(=O)O)cc1. The van der Waals surface area contributed by atoms with Crippen LogP contribution in [0.1, 0.15) is 0 Å². The predicted molar refractivity (Wildman–Crippen MR) is 68.9 cm³/mol. The zero-order valence-electron chi connectivity index (χ0n) is 9.71. The number of carboxylic acid groups (broad SMARTS) is 1. The van der Waals surface area contributed by atoms with Gasteiger partial charge in [0.05, 0.1) is 6.61 Å². The quantitative estimate of drug-likeness (QED) is 0.598. The first-order chi connectivity index (χ1) is 8.56. The van der Waals surface area contributed by atoms with Crippen molar-refractivity contribution < 1.29 is 19.8 Å². The lowest BCUT2D eigenvalue weighted by Gasteiger charge is -2.12. The first-order valence-corrected chi connectivity index (χ1v) is 6.34. The highest BCUT2D eigenvalue weighted by molar-refractivity contribution is 7.98. The minimum atomic E-state index is -1.31. The molecule has 2 amide bonds. The number of nitrogens with one attached hydrogen (secondary N) is 2. The molecule has 0 saturated heterocycles. The fourth-order valence-corrected chi connectivity index (χ4v) is 1.59. The van der Waals surface area contributed by atoms with Crippen LogP contribution in [0, 0.1) is 0 Å². The van der Waals surface area contributed by atoms with Crippen molar-refractivity contribution in [2.24, 2.45) is 0 Å². The van der Waals surface area contributed by atoms with Gasteiger partial charge in [-0.15, -0.1) is 11.8 Å². The van der Waals surface area contributed by atoms with Crippen molar-refractivity contribution >= 4 is 29.4 Å². The molecule has 6 nitrogen and oxygen atoms in total. The third kappa shape index (κ3) is 4.27. The van der Waals surface area contributed by atoms with E-state index in [4.69, 9.17) is 10.2 Å². The number of carbonyl (C=O) groups excluding carboxylic acids is 1. The molecular weight excluding hydrogens is 256 g/mol. The Morgan fingerprint density at radius 3 is 2.39 bits per heavy atom. The molecule has 0 aromatic heterocycles. The summed E-state index contributed by atoms with van der Waals surface area (Å²) < 4.78 is 0. The highest BCUT2D eigenvalue weighted by atomic mass is 32.2. The van der Waals surface area contributed by atoms with E-state index in [0.717, 1.165) is 4.90 Å². The third-order valence-electron chi connectivity index (χ3n) is 2.13. The van der Waals surface area contributed by atoms with Gasteiger partial charge in [0, 0.05) is 10.6 Å². The molecule has 0 spiro atoms. The van der Waals surface area contributed by atoms with Crippen LogP contribution in [-0.4, -0.2) is 41.1 Å². The summed E-state index contributed by atoms with van der Waals surface area (Å²) >= 11 is 1.58. The second kappa shape index (κ2) is 6.87. The molecule has 1 atom stereocenters. The van der Waals surface area contributed by atoms with Gasteiger partial charge in [-0.1, -0.05) is 0 Å². The van der Waals surface area contributed by atoms with Crippen LogP contribution in [0.2, 0.25) is 0 Å². The van der Waals surface area contributed by atoms with Crippen molar-refractivity contribution in [3.05, 3.63) is 24.3 Å². The van der Waals surface area contributed by atoms with Crippen LogP contribution >= 0.6 is 11.8 Å². The van der Waals surface area contributed by atoms with Crippen LogP contribution in [0.15, 0.2) is 29.2 Å². The van der Waals surface area contributed by atoms with E-state index in [0.29, 0.717) is 5.69 Å². The van der Waals surface area contributed by atoms with Crippen molar-refractivity contribution in [3.63, 3.8) is 0 Å². The summed E-state index contributed by atoms with van der Waals surface area (Å²) in [5, 5.41) is 22.0. The summed E-state index contributed by atoms with van der Waals surface area (Å²) in [6, 6.07) is 5.10. The smallest absolute Gasteiger partial charge is 0.328 e. The second-order valence-corrected chi connectivity index (χ2v) is 4.28. The number of aliphatic carboxylic acids is 1. The van der Waals surface area contributed by atoms with Crippen LogP contribution in [0.4, 0.5) is 10.5 Å². The highest BCUT2D eigenvalue weighted by Crippen LogP contribution is 2.17. The average molecular weight is 270 g/mol. The zero-order valence-corrected chi connectivity index (χ0v) is 10.5. The van der Waals surface area contributed by atoms with Crippen LogP contribution in [0.25, 0.3) is 0 Å². The minimum absolute atomic E-state index is 0.548. The monoisotopic (exact) mass is 270 g/mol. The Morgan fingerprint density at radius 1 is 1.33 bits per heavy atom. The molecule has 98 valence electrons. The number of thioether (sulfide) groups is 1. The van der Waals surface area contributed by atoms with Gasteiger partial charge in [-0.25, -0.2) is 9.59 Å². The number of aliphatic hydroxyl groups excluding tert-OH is 1. The lowest BCUT2D eigenvalue weighted by Crippen LogP contribution is -2.45. The molecule has 0 aliphatic carbocycles. The van der Waals surface area contributed by atoms with E-state index in [1.807, 2.05) is 18.4 Å². The van der Waals surface area contributed by atoms with Crippen LogP contribution < -0.4 is 10.6 Å². The van der Waals surface area contributed by atoms with E-state index in [-0.39, 0.29) is 0 Å². The van der Waals surface area contributed by atoms with Crippen LogP contribution in [0.3, 0.4) is 0 Å². The topological polar surface area (TPSA) is 98.7 Å². The van der Waals surface area contributed by atoms with E-state index in [9.17, 15) is 9.59 Å². The number of urea groups is 1. The molecule has 1 rings (SSSR count). The summed E-state index contributed by atoms with van der Waals surface area (Å²) in [5.74, 6) is -1.29. The Kier molecular flexibility index (Phi) is 5.47. The summed E-state index contributed by atoms with van der Waals surface area (Å²) in [6.07, 6.45) is 1.94. The van der Waals surface area contributed by atoms with E-state index < -0.39 is 24.6 Å². The maximum absolute atomic E-state index is 11.4. The van der Waals surface area contributed by atoms with Gasteiger partial charge in [0.25, 0.3) is 0 Å². The van der Waals surface area contributed by atoms with Crippen molar-refractivity contribution in [2.75, 3.05) is 18.2 Å². The molecule has 18 heavy (non-hydrogen) atoms. The third-order valence-corrected chi connectivity index (χ3v) is 2.88. The first-order valence-electron chi connectivity index (χ1n) is 5.12. The Balaban J connectivity index is 2.55. The highest BCUT2D eigenvalue weighted by Gasteiger charge is 2.18. The summed E-state index contributed by atoms with van der Waals surface area (Å²) in [4.78, 5) is 23.1. The Bertz CT molecular complexity index is 422. The van der Waals surface area contributed by atoms with Crippen molar-refractivity contribution in [2.45, 2.75) is 10.9 Å². The molecular formula is C11H14N2O4S. The van der Waals surface area contributed by atoms with Gasteiger partial charge in [0.1, 0.15) is 0 Å². The molecule has 0 aliphatic rings. The van der Waals surface area contributed by atoms with Gasteiger partial charge >= 0.3 is 12.0 Å². The average Bonchev–Trinajstić information content (AvgIpc) is 2.36. The number of carboxylic acids is 1. The molecule has 4 N–H and O–H groups in total. The van der Waals surface area contributed by atoms with Gasteiger partial charge in [0.2, 0.25) is 0 Å². The number of carbonyl (C=O) groups is 2. The van der Waals surface area contributed by atoms with Gasteiger partial charge in [-0.3, -0.25) is 0 Å². The van der Waals surface area contributed by atoms with Crippen molar-refractivity contribution in [1.29, 1.82) is 0 Å². The first kappa shape index (κ1) is 14.3. The van der Waals surface area contributed by atoms with Crippen molar-refractivity contribution in [3.8, 4) is 0 Å². The van der Waals surface area contributed by atoms with Gasteiger partial charge in [-0.2, -0.15) is 0 Å². The Morgan fingerprint density at radius 2 is 1.94 bits per heavy atom. The number of amides is 2. The standard InChI is InChI=1S/C11H14N2O4S/c1-18-8-4-2-7(3-5-8)12-11(17)13-9(6-14)10(15)16/h2-5,9,14H,6H2,1H3,(H,15,16)(H2,12,13,17)/t9-/m1/s1. The van der Waals surface area contributed by atoms with E-state index in [1.165, 1.54) is 0 Å². The summed E-state index contributed by atoms with van der Waals surface area (Å²) in [6.45, 7) is -0.659. The molecule has 0 aliphatic heterocycles. The lowest BCUT2D eigenvalue weighted by molar-refractivity contribution is -0.140. The molecule has 1 aromatic rings. The van der Waals surface area contributed by atoms with E-state index in [2.05, 4.69) is 10.6 Å². The number of anilines is 1. The number of hydrogen-bond acceptors (Lipinski definition) is 4. The van der Waals surface area contributed by atoms with Crippen LogP contribution in [0.5, 0.6) is 0 Å². The number of hydrogen-bond donors (Lipinski definition) is 4. The van der Waals surface area contributed by atoms with E-state index >= 15 is 0 Å². The fourth-order valence-electron chi connectivity index (χ4n) is 1.19. The Labute approximate surface area is 108 Å². The fraction of sp³-hybridized carbons (Fsp3) is 0.273. The number of benzene rings is 1. The Hall–Kier alpha value is -1.73. The van der Waals surface area contributed by atoms with Gasteiger partial charge in [0.15, 0.2) is 6.04 Å². The maximum Gasteiger partial charge on any atom is 0.328 e. The summed E-state index contributed by atoms with van der Waals surface area (Å²) in [5.41, 5.74) is 0.548. The van der Waals surface area contributed by atoms with E-state index in [1.54, 1.807) is 23.9 Å². The van der Waals surface area contributed by atoms with Crippen LogP contribution in [-0.2, 0) is 4.79 Å². The zero-order chi connectivity index (χ0) is 13.5.